The number of hydrogen-bond donors (Lipinski definition) is 1. The van der Waals surface area contributed by atoms with E-state index in [0.717, 1.165) is 11.6 Å². The number of rotatable bonds is 4. The second kappa shape index (κ2) is 7.23. The van der Waals surface area contributed by atoms with Gasteiger partial charge in [-0.25, -0.2) is 4.39 Å². The number of carbonyl (C=O) groups excluding carboxylic acids is 2. The molecule has 4 nitrogen and oxygen atoms in total. The molecule has 0 aromatic heterocycles. The van der Waals surface area contributed by atoms with E-state index in [1.54, 1.807) is 0 Å². The highest BCUT2D eigenvalue weighted by Gasteiger charge is 2.38. The van der Waals surface area contributed by atoms with Gasteiger partial charge in [0.1, 0.15) is 11.7 Å². The fourth-order valence-electron chi connectivity index (χ4n) is 3.00. The van der Waals surface area contributed by atoms with Crippen molar-refractivity contribution >= 4 is 29.1 Å². The zero-order valence-electron chi connectivity index (χ0n) is 13.7. The van der Waals surface area contributed by atoms with Crippen LogP contribution in [-0.2, 0) is 9.59 Å². The molecule has 2 atom stereocenters. The van der Waals surface area contributed by atoms with Crippen molar-refractivity contribution in [2.75, 3.05) is 11.4 Å². The lowest BCUT2D eigenvalue weighted by Crippen LogP contribution is -2.38. The molecule has 0 radical (unpaired) electrons. The maximum atomic E-state index is 14.1. The molecule has 1 aliphatic rings. The number of nitrogens with one attached hydrogen (secondary N) is 1. The Hall–Kier alpha value is -2.40. The number of amides is 2. The standard InChI is InChI=1S/C19H18ClFN2O2/c1-12(13-5-3-2-4-6-13)22-18(24)15-9-10-23(19(15)25)17-8-7-14(20)11-16(17)21/h2-8,11-12,15H,9-10H2,1H3,(H,22,24)/t12-,15-/m0/s1. The summed E-state index contributed by atoms with van der Waals surface area (Å²) in [6, 6.07) is 13.5. The van der Waals surface area contributed by atoms with Crippen molar-refractivity contribution in [3.05, 3.63) is 64.9 Å². The van der Waals surface area contributed by atoms with Gasteiger partial charge >= 0.3 is 0 Å². The summed E-state index contributed by atoms with van der Waals surface area (Å²) in [6.45, 7) is 2.17. The third-order valence-electron chi connectivity index (χ3n) is 4.38. The van der Waals surface area contributed by atoms with Gasteiger partial charge in [0.15, 0.2) is 0 Å². The number of carbonyl (C=O) groups is 2. The minimum absolute atomic E-state index is 0.154. The van der Waals surface area contributed by atoms with Crippen LogP contribution in [0.5, 0.6) is 0 Å². The molecule has 0 aliphatic carbocycles. The highest BCUT2D eigenvalue weighted by molar-refractivity contribution is 6.30. The second-order valence-corrected chi connectivity index (χ2v) is 6.50. The van der Waals surface area contributed by atoms with Crippen LogP contribution in [0.1, 0.15) is 24.9 Å². The summed E-state index contributed by atoms with van der Waals surface area (Å²) >= 11 is 5.75. The van der Waals surface area contributed by atoms with E-state index in [0.29, 0.717) is 13.0 Å². The average Bonchev–Trinajstić information content (AvgIpc) is 2.97. The fourth-order valence-corrected chi connectivity index (χ4v) is 3.16. The first-order chi connectivity index (χ1) is 12.0. The molecule has 0 spiro atoms. The monoisotopic (exact) mass is 360 g/mol. The van der Waals surface area contributed by atoms with Crippen molar-refractivity contribution < 1.29 is 14.0 Å². The molecule has 1 heterocycles. The van der Waals surface area contributed by atoms with E-state index in [4.69, 9.17) is 11.6 Å². The van der Waals surface area contributed by atoms with Crippen LogP contribution < -0.4 is 10.2 Å². The van der Waals surface area contributed by atoms with Gasteiger partial charge in [-0.05, 0) is 37.1 Å². The molecule has 2 amide bonds. The Balaban J connectivity index is 1.70. The topological polar surface area (TPSA) is 49.4 Å². The van der Waals surface area contributed by atoms with Gasteiger partial charge in [-0.3, -0.25) is 9.59 Å². The minimum Gasteiger partial charge on any atom is -0.349 e. The molecule has 0 saturated carbocycles. The van der Waals surface area contributed by atoms with E-state index in [-0.39, 0.29) is 28.6 Å². The van der Waals surface area contributed by atoms with Gasteiger partial charge in [-0.15, -0.1) is 0 Å². The maximum Gasteiger partial charge on any atom is 0.239 e. The number of halogens is 2. The van der Waals surface area contributed by atoms with E-state index in [1.807, 2.05) is 37.3 Å². The van der Waals surface area contributed by atoms with Gasteiger partial charge in [-0.1, -0.05) is 41.9 Å². The van der Waals surface area contributed by atoms with Gasteiger partial charge in [0.25, 0.3) is 0 Å². The first-order valence-electron chi connectivity index (χ1n) is 8.09. The number of nitrogens with zero attached hydrogens (tertiary/aromatic N) is 1. The van der Waals surface area contributed by atoms with Crippen LogP contribution in [0, 0.1) is 11.7 Å². The van der Waals surface area contributed by atoms with Crippen molar-refractivity contribution in [3.63, 3.8) is 0 Å². The van der Waals surface area contributed by atoms with E-state index in [1.165, 1.54) is 17.0 Å². The summed E-state index contributed by atoms with van der Waals surface area (Å²) in [5.74, 6) is -2.10. The third kappa shape index (κ3) is 3.66. The molecule has 6 heteroatoms. The Bertz CT molecular complexity index is 797. The first kappa shape index (κ1) is 17.4. The van der Waals surface area contributed by atoms with Gasteiger partial charge < -0.3 is 10.2 Å². The normalized spacial score (nSPS) is 18.3. The molecule has 25 heavy (non-hydrogen) atoms. The second-order valence-electron chi connectivity index (χ2n) is 6.07. The van der Waals surface area contributed by atoms with Crippen molar-refractivity contribution in [1.82, 2.24) is 5.32 Å². The Labute approximate surface area is 150 Å². The van der Waals surface area contributed by atoms with Crippen molar-refractivity contribution in [2.45, 2.75) is 19.4 Å². The van der Waals surface area contributed by atoms with Crippen LogP contribution in [0.15, 0.2) is 48.5 Å². The van der Waals surface area contributed by atoms with Gasteiger partial charge in [0, 0.05) is 11.6 Å². The van der Waals surface area contributed by atoms with Crippen LogP contribution in [0.2, 0.25) is 5.02 Å². The van der Waals surface area contributed by atoms with E-state index < -0.39 is 11.7 Å². The van der Waals surface area contributed by atoms with Crippen molar-refractivity contribution in [1.29, 1.82) is 0 Å². The molecule has 1 aliphatic heterocycles. The first-order valence-corrected chi connectivity index (χ1v) is 8.47. The predicted molar refractivity (Wildman–Crippen MR) is 94.9 cm³/mol. The van der Waals surface area contributed by atoms with Crippen molar-refractivity contribution in [2.24, 2.45) is 5.92 Å². The van der Waals surface area contributed by atoms with Crippen LogP contribution >= 0.6 is 11.6 Å². The van der Waals surface area contributed by atoms with Gasteiger partial charge in [0.05, 0.1) is 11.7 Å². The largest absolute Gasteiger partial charge is 0.349 e. The lowest BCUT2D eigenvalue weighted by molar-refractivity contribution is -0.132. The molecule has 130 valence electrons. The van der Waals surface area contributed by atoms with Crippen LogP contribution in [-0.4, -0.2) is 18.4 Å². The van der Waals surface area contributed by atoms with Gasteiger partial charge in [-0.2, -0.15) is 0 Å². The molecule has 2 aromatic rings. The maximum absolute atomic E-state index is 14.1. The Kier molecular flexibility index (Phi) is 5.04. The van der Waals surface area contributed by atoms with Crippen LogP contribution in [0.3, 0.4) is 0 Å². The Morgan fingerprint density at radius 3 is 2.68 bits per heavy atom. The predicted octanol–water partition coefficient (Wildman–Crippen LogP) is 3.71. The summed E-state index contributed by atoms with van der Waals surface area (Å²) in [5, 5.41) is 3.13. The molecule has 1 N–H and O–H groups in total. The average molecular weight is 361 g/mol. The number of hydrogen-bond acceptors (Lipinski definition) is 2. The molecule has 3 rings (SSSR count). The molecule has 2 aromatic carbocycles. The summed E-state index contributed by atoms with van der Waals surface area (Å²) in [7, 11) is 0. The number of anilines is 1. The molecule has 1 fully saturated rings. The van der Waals surface area contributed by atoms with E-state index in [9.17, 15) is 14.0 Å². The van der Waals surface area contributed by atoms with E-state index >= 15 is 0 Å². The fraction of sp³-hybridized carbons (Fsp3) is 0.263. The van der Waals surface area contributed by atoms with E-state index in [2.05, 4.69) is 5.32 Å². The molecule has 1 saturated heterocycles. The van der Waals surface area contributed by atoms with Gasteiger partial charge in [0.2, 0.25) is 11.8 Å². The zero-order valence-corrected chi connectivity index (χ0v) is 14.5. The quantitative estimate of drug-likeness (QED) is 0.845. The SMILES string of the molecule is C[C@H](NC(=O)[C@@H]1CCN(c2ccc(Cl)cc2F)C1=O)c1ccccc1. The Morgan fingerprint density at radius 1 is 1.28 bits per heavy atom. The Morgan fingerprint density at radius 2 is 2.00 bits per heavy atom. The minimum atomic E-state index is -0.804. The summed E-state index contributed by atoms with van der Waals surface area (Å²) < 4.78 is 14.1. The summed E-state index contributed by atoms with van der Waals surface area (Å²) in [6.07, 6.45) is 0.355. The highest BCUT2D eigenvalue weighted by Crippen LogP contribution is 2.29. The lowest BCUT2D eigenvalue weighted by Gasteiger charge is -2.19. The number of benzene rings is 2. The van der Waals surface area contributed by atoms with Crippen molar-refractivity contribution in [3.8, 4) is 0 Å². The third-order valence-corrected chi connectivity index (χ3v) is 4.62. The van der Waals surface area contributed by atoms with Crippen LogP contribution in [0.25, 0.3) is 0 Å². The zero-order chi connectivity index (χ0) is 18.0. The summed E-state index contributed by atoms with van der Waals surface area (Å²) in [4.78, 5) is 26.4. The molecular weight excluding hydrogens is 343 g/mol. The van der Waals surface area contributed by atoms with Crippen LogP contribution in [0.4, 0.5) is 10.1 Å². The lowest BCUT2D eigenvalue weighted by atomic mass is 10.0. The smallest absolute Gasteiger partial charge is 0.239 e. The molecule has 0 bridgehead atoms. The summed E-state index contributed by atoms with van der Waals surface area (Å²) in [5.41, 5.74) is 1.11. The molecule has 0 unspecified atom stereocenters. The molecular formula is C19H18ClFN2O2. The highest BCUT2D eigenvalue weighted by atomic mass is 35.5.